The van der Waals surface area contributed by atoms with Crippen LogP contribution < -0.4 is 10.3 Å². The summed E-state index contributed by atoms with van der Waals surface area (Å²) in [4.78, 5) is 18.4. The summed E-state index contributed by atoms with van der Waals surface area (Å²) in [6.45, 7) is 0. The van der Waals surface area contributed by atoms with Crippen molar-refractivity contribution in [3.05, 3.63) is 92.5 Å². The van der Waals surface area contributed by atoms with Crippen LogP contribution in [0, 0.1) is 0 Å². The Morgan fingerprint density at radius 3 is 2.75 bits per heavy atom. The van der Waals surface area contributed by atoms with Crippen molar-refractivity contribution < 1.29 is 4.74 Å². The third kappa shape index (κ3) is 3.64. The van der Waals surface area contributed by atoms with Crippen LogP contribution in [0.2, 0.25) is 0 Å². The molecule has 0 bridgehead atoms. The minimum atomic E-state index is -0.595. The summed E-state index contributed by atoms with van der Waals surface area (Å²) in [7, 11) is 1.62. The van der Waals surface area contributed by atoms with E-state index in [1.807, 2.05) is 52.4 Å². The van der Waals surface area contributed by atoms with Crippen molar-refractivity contribution in [3.63, 3.8) is 0 Å². The van der Waals surface area contributed by atoms with E-state index in [-0.39, 0.29) is 5.56 Å². The van der Waals surface area contributed by atoms with Gasteiger partial charge >= 0.3 is 0 Å². The maximum atomic E-state index is 12.7. The molecule has 0 radical (unpaired) electrons. The van der Waals surface area contributed by atoms with Gasteiger partial charge in [-0.05, 0) is 51.6 Å². The predicted molar refractivity (Wildman–Crippen MR) is 131 cm³/mol. The average molecular weight is 526 g/mol. The number of benzene rings is 1. The molecule has 160 valence electrons. The van der Waals surface area contributed by atoms with Crippen molar-refractivity contribution >= 4 is 45.5 Å². The monoisotopic (exact) mass is 525 g/mol. The van der Waals surface area contributed by atoms with Crippen LogP contribution in [-0.4, -0.2) is 31.3 Å². The normalized spacial score (nSPS) is 12.2. The van der Waals surface area contributed by atoms with Gasteiger partial charge in [0, 0.05) is 16.7 Å². The molecule has 0 spiro atoms. The highest BCUT2D eigenvalue weighted by molar-refractivity contribution is 9.10. The molecule has 0 amide bonds. The van der Waals surface area contributed by atoms with Gasteiger partial charge in [0.15, 0.2) is 11.6 Å². The zero-order valence-electron chi connectivity index (χ0n) is 16.7. The number of thiophene rings is 1. The first-order valence-corrected chi connectivity index (χ1v) is 11.7. The SMILES string of the molecule is COc1ccccc1-n1c(-c2cccs2)nnc1C(S)c1cc(=O)n2cc(Br)ccc2n1. The molecule has 0 fully saturated rings. The number of ether oxygens (including phenoxy) is 1. The zero-order valence-corrected chi connectivity index (χ0v) is 20.0. The number of halogens is 1. The van der Waals surface area contributed by atoms with Gasteiger partial charge in [-0.2, -0.15) is 12.6 Å². The minimum Gasteiger partial charge on any atom is -0.495 e. The average Bonchev–Trinajstić information content (AvgIpc) is 3.48. The third-order valence-corrected chi connectivity index (χ3v) is 6.75. The molecule has 1 atom stereocenters. The predicted octanol–water partition coefficient (Wildman–Crippen LogP) is 4.79. The molecule has 4 aromatic heterocycles. The van der Waals surface area contributed by atoms with Crippen molar-refractivity contribution in [2.24, 2.45) is 0 Å². The van der Waals surface area contributed by atoms with Crippen LogP contribution in [0.3, 0.4) is 0 Å². The van der Waals surface area contributed by atoms with Crippen LogP contribution in [0.4, 0.5) is 0 Å². The number of fused-ring (bicyclic) bond motifs is 1. The number of nitrogens with zero attached hydrogens (tertiary/aromatic N) is 5. The number of methoxy groups -OCH3 is 1. The first-order valence-electron chi connectivity index (χ1n) is 9.56. The van der Waals surface area contributed by atoms with E-state index in [0.717, 1.165) is 15.0 Å². The summed E-state index contributed by atoms with van der Waals surface area (Å²) in [5.74, 6) is 1.87. The lowest BCUT2D eigenvalue weighted by Crippen LogP contribution is -2.17. The van der Waals surface area contributed by atoms with Gasteiger partial charge in [-0.15, -0.1) is 21.5 Å². The smallest absolute Gasteiger partial charge is 0.258 e. The molecule has 0 saturated carbocycles. The van der Waals surface area contributed by atoms with E-state index in [0.29, 0.717) is 28.7 Å². The van der Waals surface area contributed by atoms with Crippen LogP contribution >= 0.6 is 39.9 Å². The fourth-order valence-corrected chi connectivity index (χ4v) is 4.79. The van der Waals surface area contributed by atoms with Crippen LogP contribution in [0.1, 0.15) is 16.8 Å². The zero-order chi connectivity index (χ0) is 22.2. The molecule has 1 aromatic carbocycles. The Hall–Kier alpha value is -2.95. The van der Waals surface area contributed by atoms with E-state index >= 15 is 0 Å². The highest BCUT2D eigenvalue weighted by Gasteiger charge is 2.25. The second-order valence-corrected chi connectivity index (χ2v) is 9.24. The molecule has 0 aliphatic rings. The Morgan fingerprint density at radius 1 is 1.12 bits per heavy atom. The lowest BCUT2D eigenvalue weighted by atomic mass is 10.2. The third-order valence-electron chi connectivity index (χ3n) is 4.92. The van der Waals surface area contributed by atoms with Crippen LogP contribution in [0.5, 0.6) is 5.75 Å². The lowest BCUT2D eigenvalue weighted by Gasteiger charge is -2.16. The second-order valence-electron chi connectivity index (χ2n) is 6.86. The highest BCUT2D eigenvalue weighted by atomic mass is 79.9. The first kappa shape index (κ1) is 20.9. The molecule has 0 aliphatic carbocycles. The molecule has 1 unspecified atom stereocenters. The van der Waals surface area contributed by atoms with Gasteiger partial charge in [0.1, 0.15) is 16.6 Å². The van der Waals surface area contributed by atoms with Crippen LogP contribution in [-0.2, 0) is 0 Å². The van der Waals surface area contributed by atoms with Crippen molar-refractivity contribution in [2.75, 3.05) is 7.11 Å². The molecule has 0 saturated heterocycles. The number of thiol groups is 1. The molecule has 10 heteroatoms. The number of rotatable bonds is 5. The van der Waals surface area contributed by atoms with Gasteiger partial charge in [0.05, 0.1) is 23.4 Å². The largest absolute Gasteiger partial charge is 0.495 e. The maximum absolute atomic E-state index is 12.7. The van der Waals surface area contributed by atoms with E-state index in [1.165, 1.54) is 10.5 Å². The molecule has 5 aromatic rings. The summed E-state index contributed by atoms with van der Waals surface area (Å²) in [5, 5.41) is 10.3. The molecule has 7 nitrogen and oxygen atoms in total. The van der Waals surface area contributed by atoms with Crippen molar-refractivity contribution in [2.45, 2.75) is 5.25 Å². The van der Waals surface area contributed by atoms with E-state index in [9.17, 15) is 4.79 Å². The molecule has 4 heterocycles. The van der Waals surface area contributed by atoms with Crippen LogP contribution in [0.15, 0.2) is 75.4 Å². The molecule has 0 N–H and O–H groups in total. The quantitative estimate of drug-likeness (QED) is 0.334. The van der Waals surface area contributed by atoms with Crippen LogP contribution in [0.25, 0.3) is 22.0 Å². The first-order chi connectivity index (χ1) is 15.6. The Bertz CT molecular complexity index is 1480. The second kappa shape index (κ2) is 8.53. The standard InChI is InChI=1S/C22H16BrN5O2S2/c1-30-16-6-3-2-5-15(16)28-21(17-7-4-10-32-17)25-26-22(28)20(31)14-11-19(29)27-12-13(23)8-9-18(27)24-14/h2-12,20,31H,1H3. The van der Waals surface area contributed by atoms with Gasteiger partial charge in [-0.3, -0.25) is 13.8 Å². The van der Waals surface area contributed by atoms with Gasteiger partial charge in [-0.25, -0.2) is 4.98 Å². The summed E-state index contributed by atoms with van der Waals surface area (Å²) in [6, 6.07) is 16.7. The molecule has 0 aliphatic heterocycles. The Labute approximate surface area is 200 Å². The van der Waals surface area contributed by atoms with Gasteiger partial charge in [0.2, 0.25) is 0 Å². The Morgan fingerprint density at radius 2 is 1.97 bits per heavy atom. The van der Waals surface area contributed by atoms with Gasteiger partial charge in [-0.1, -0.05) is 18.2 Å². The summed E-state index contributed by atoms with van der Waals surface area (Å²) < 4.78 is 9.78. The van der Waals surface area contributed by atoms with Gasteiger partial charge < -0.3 is 4.74 Å². The number of pyridine rings is 1. The van der Waals surface area contributed by atoms with Crippen molar-refractivity contribution in [3.8, 4) is 22.1 Å². The number of aromatic nitrogens is 5. The van der Waals surface area contributed by atoms with E-state index in [1.54, 1.807) is 30.7 Å². The molecule has 32 heavy (non-hydrogen) atoms. The molecule has 5 rings (SSSR count). The topological polar surface area (TPSA) is 74.3 Å². The fraction of sp³-hybridized carbons (Fsp3) is 0.0909. The maximum Gasteiger partial charge on any atom is 0.258 e. The number of hydrogen-bond acceptors (Lipinski definition) is 7. The lowest BCUT2D eigenvalue weighted by molar-refractivity contribution is 0.412. The Balaban J connectivity index is 1.71. The van der Waals surface area contributed by atoms with Crippen molar-refractivity contribution in [1.82, 2.24) is 24.1 Å². The summed E-state index contributed by atoms with van der Waals surface area (Å²) in [5.41, 5.74) is 1.59. The van der Waals surface area contributed by atoms with E-state index < -0.39 is 5.25 Å². The summed E-state index contributed by atoms with van der Waals surface area (Å²) >= 11 is 9.76. The highest BCUT2D eigenvalue weighted by Crippen LogP contribution is 2.35. The Kier molecular flexibility index (Phi) is 5.58. The van der Waals surface area contributed by atoms with E-state index in [2.05, 4.69) is 31.1 Å². The number of hydrogen-bond donors (Lipinski definition) is 1. The molecular formula is C22H16BrN5O2S2. The fourth-order valence-electron chi connectivity index (χ4n) is 3.46. The molecular weight excluding hydrogens is 510 g/mol. The summed E-state index contributed by atoms with van der Waals surface area (Å²) in [6.07, 6.45) is 1.69. The van der Waals surface area contributed by atoms with Gasteiger partial charge in [0.25, 0.3) is 5.56 Å². The van der Waals surface area contributed by atoms with E-state index in [4.69, 9.17) is 17.4 Å². The van der Waals surface area contributed by atoms with Crippen molar-refractivity contribution in [1.29, 1.82) is 0 Å². The number of para-hydroxylation sites is 2. The minimum absolute atomic E-state index is 0.202.